The van der Waals surface area contributed by atoms with Gasteiger partial charge < -0.3 is 0 Å². The van der Waals surface area contributed by atoms with E-state index in [0.29, 0.717) is 4.91 Å². The van der Waals surface area contributed by atoms with Crippen molar-refractivity contribution in [2.75, 3.05) is 0 Å². The Bertz CT molecular complexity index is 813. The molecule has 3 nitrogen and oxygen atoms in total. The Morgan fingerprint density at radius 1 is 1.00 bits per heavy atom. The first kappa shape index (κ1) is 16.7. The van der Waals surface area contributed by atoms with Gasteiger partial charge in [0.1, 0.15) is 0 Å². The molecule has 0 unspecified atom stereocenters. The van der Waals surface area contributed by atoms with Crippen molar-refractivity contribution in [2.24, 2.45) is 0 Å². The van der Waals surface area contributed by atoms with E-state index in [-0.39, 0.29) is 17.7 Å². The monoisotopic (exact) mass is 399 g/mol. The van der Waals surface area contributed by atoms with E-state index >= 15 is 0 Å². The van der Waals surface area contributed by atoms with Gasteiger partial charge in [-0.05, 0) is 41.1 Å². The van der Waals surface area contributed by atoms with Crippen molar-refractivity contribution >= 4 is 44.9 Å². The summed E-state index contributed by atoms with van der Waals surface area (Å²) < 4.78 is 0.964. The van der Waals surface area contributed by atoms with Crippen LogP contribution in [-0.4, -0.2) is 16.0 Å². The van der Waals surface area contributed by atoms with E-state index in [4.69, 9.17) is 0 Å². The molecule has 0 aromatic heterocycles. The Balaban J connectivity index is 1.70. The van der Waals surface area contributed by atoms with Crippen molar-refractivity contribution in [2.45, 2.75) is 6.54 Å². The van der Waals surface area contributed by atoms with Crippen LogP contribution in [0.3, 0.4) is 0 Å². The Morgan fingerprint density at radius 2 is 1.71 bits per heavy atom. The average molecular weight is 400 g/mol. The number of hydrogen-bond acceptors (Lipinski definition) is 3. The van der Waals surface area contributed by atoms with E-state index in [1.807, 2.05) is 60.7 Å². The van der Waals surface area contributed by atoms with Gasteiger partial charge in [-0.25, -0.2) is 0 Å². The Hall–Kier alpha value is -2.11. The molecule has 0 spiro atoms. The van der Waals surface area contributed by atoms with Gasteiger partial charge in [0.15, 0.2) is 0 Å². The lowest BCUT2D eigenvalue weighted by atomic mass is 10.2. The molecule has 3 rings (SSSR count). The third-order valence-corrected chi connectivity index (χ3v) is 4.92. The van der Waals surface area contributed by atoms with Gasteiger partial charge in [-0.3, -0.25) is 14.5 Å². The van der Waals surface area contributed by atoms with E-state index in [2.05, 4.69) is 15.9 Å². The number of thioether (sulfide) groups is 1. The minimum Gasteiger partial charge on any atom is -0.268 e. The van der Waals surface area contributed by atoms with Crippen LogP contribution in [0.2, 0.25) is 0 Å². The van der Waals surface area contributed by atoms with Crippen molar-refractivity contribution in [1.29, 1.82) is 0 Å². The van der Waals surface area contributed by atoms with Crippen molar-refractivity contribution in [1.82, 2.24) is 4.90 Å². The van der Waals surface area contributed by atoms with Crippen LogP contribution in [0.25, 0.3) is 6.08 Å². The van der Waals surface area contributed by atoms with Crippen LogP contribution in [0.5, 0.6) is 0 Å². The number of hydrogen-bond donors (Lipinski definition) is 0. The van der Waals surface area contributed by atoms with E-state index in [1.165, 1.54) is 4.90 Å². The second kappa shape index (κ2) is 7.64. The zero-order valence-electron chi connectivity index (χ0n) is 12.7. The zero-order chi connectivity index (χ0) is 16.9. The first-order chi connectivity index (χ1) is 11.6. The molecule has 1 saturated heterocycles. The fraction of sp³-hybridized carbons (Fsp3) is 0.0526. The van der Waals surface area contributed by atoms with Crippen LogP contribution >= 0.6 is 27.7 Å². The van der Waals surface area contributed by atoms with Crippen LogP contribution in [0, 0.1) is 0 Å². The largest absolute Gasteiger partial charge is 0.293 e. The summed E-state index contributed by atoms with van der Waals surface area (Å²) in [6.45, 7) is 0.289. The number of carbonyl (C=O) groups is 2. The normalized spacial score (nSPS) is 16.5. The van der Waals surface area contributed by atoms with E-state index in [9.17, 15) is 9.59 Å². The maximum Gasteiger partial charge on any atom is 0.293 e. The highest BCUT2D eigenvalue weighted by Crippen LogP contribution is 2.32. The lowest BCUT2D eigenvalue weighted by Gasteiger charge is -2.12. The summed E-state index contributed by atoms with van der Waals surface area (Å²) in [6.07, 6.45) is 5.40. The summed E-state index contributed by atoms with van der Waals surface area (Å²) in [5.41, 5.74) is 1.96. The van der Waals surface area contributed by atoms with Gasteiger partial charge in [-0.2, -0.15) is 0 Å². The predicted molar refractivity (Wildman–Crippen MR) is 101 cm³/mol. The number of nitrogens with zero attached hydrogens (tertiary/aromatic N) is 1. The fourth-order valence-electron chi connectivity index (χ4n) is 2.23. The molecule has 120 valence electrons. The molecule has 1 aliphatic rings. The maximum absolute atomic E-state index is 12.4. The zero-order valence-corrected chi connectivity index (χ0v) is 15.1. The van der Waals surface area contributed by atoms with Crippen LogP contribution in [0.15, 0.2) is 76.1 Å². The molecular formula is C19H14BrNO2S. The summed E-state index contributed by atoms with van der Waals surface area (Å²) in [4.78, 5) is 26.2. The number of rotatable bonds is 4. The molecule has 0 N–H and O–H groups in total. The highest BCUT2D eigenvalue weighted by Gasteiger charge is 2.34. The lowest BCUT2D eigenvalue weighted by molar-refractivity contribution is -0.123. The number of carbonyl (C=O) groups excluding carboxylic acids is 2. The second-order valence-corrected chi connectivity index (χ2v) is 7.10. The molecule has 24 heavy (non-hydrogen) atoms. The van der Waals surface area contributed by atoms with Crippen LogP contribution in [-0.2, 0) is 11.3 Å². The van der Waals surface area contributed by atoms with E-state index in [1.54, 1.807) is 12.2 Å². The van der Waals surface area contributed by atoms with Crippen molar-refractivity contribution in [3.63, 3.8) is 0 Å². The average Bonchev–Trinajstić information content (AvgIpc) is 2.85. The number of benzene rings is 2. The van der Waals surface area contributed by atoms with Crippen molar-refractivity contribution in [3.05, 3.63) is 87.3 Å². The molecule has 1 heterocycles. The first-order valence-corrected chi connectivity index (χ1v) is 8.96. The van der Waals surface area contributed by atoms with Crippen LogP contribution in [0.1, 0.15) is 11.1 Å². The molecule has 2 aromatic rings. The molecule has 2 amide bonds. The lowest BCUT2D eigenvalue weighted by Crippen LogP contribution is -2.27. The minimum atomic E-state index is -0.245. The van der Waals surface area contributed by atoms with Gasteiger partial charge in [0.25, 0.3) is 11.1 Å². The number of amides is 2. The van der Waals surface area contributed by atoms with Gasteiger partial charge >= 0.3 is 0 Å². The summed E-state index contributed by atoms with van der Waals surface area (Å²) in [5, 5.41) is -0.234. The molecule has 0 aliphatic carbocycles. The number of imide groups is 1. The first-order valence-electron chi connectivity index (χ1n) is 7.35. The second-order valence-electron chi connectivity index (χ2n) is 5.19. The standard InChI is InChI=1S/C19H14BrNO2S/c20-16-11-9-15(10-12-16)13-21-18(22)17(24-19(21)23)8-4-7-14-5-2-1-3-6-14/h1-12H,13H2/b7-4+,17-8-. The molecule has 0 atom stereocenters. The van der Waals surface area contributed by atoms with Gasteiger partial charge in [0.2, 0.25) is 0 Å². The molecule has 1 fully saturated rings. The number of halogens is 1. The minimum absolute atomic E-state index is 0.234. The van der Waals surface area contributed by atoms with Gasteiger partial charge in [-0.1, -0.05) is 70.5 Å². The smallest absolute Gasteiger partial charge is 0.268 e. The van der Waals surface area contributed by atoms with E-state index in [0.717, 1.165) is 27.4 Å². The molecule has 0 radical (unpaired) electrons. The van der Waals surface area contributed by atoms with Crippen molar-refractivity contribution in [3.8, 4) is 0 Å². The highest BCUT2D eigenvalue weighted by atomic mass is 79.9. The van der Waals surface area contributed by atoms with Crippen LogP contribution < -0.4 is 0 Å². The van der Waals surface area contributed by atoms with E-state index < -0.39 is 0 Å². The summed E-state index contributed by atoms with van der Waals surface area (Å²) >= 11 is 4.35. The summed E-state index contributed by atoms with van der Waals surface area (Å²) in [5.74, 6) is -0.245. The molecular weight excluding hydrogens is 386 g/mol. The molecule has 5 heteroatoms. The van der Waals surface area contributed by atoms with Crippen LogP contribution in [0.4, 0.5) is 4.79 Å². The fourth-order valence-corrected chi connectivity index (χ4v) is 3.29. The Morgan fingerprint density at radius 3 is 2.42 bits per heavy atom. The summed E-state index contributed by atoms with van der Waals surface area (Å²) in [7, 11) is 0. The number of allylic oxidation sites excluding steroid dienone is 2. The highest BCUT2D eigenvalue weighted by molar-refractivity contribution is 9.10. The van der Waals surface area contributed by atoms with Gasteiger partial charge in [-0.15, -0.1) is 0 Å². The molecule has 1 aliphatic heterocycles. The third kappa shape index (κ3) is 4.04. The molecule has 0 bridgehead atoms. The topological polar surface area (TPSA) is 37.4 Å². The Labute approximate surface area is 153 Å². The predicted octanol–water partition coefficient (Wildman–Crippen LogP) is 5.24. The Kier molecular flexibility index (Phi) is 5.33. The maximum atomic E-state index is 12.4. The summed E-state index contributed by atoms with van der Waals surface area (Å²) in [6, 6.07) is 17.4. The molecule has 0 saturated carbocycles. The SMILES string of the molecule is O=C1S/C(=C\C=C\c2ccccc2)C(=O)N1Cc1ccc(Br)cc1. The third-order valence-electron chi connectivity index (χ3n) is 3.46. The van der Waals surface area contributed by atoms with Crippen molar-refractivity contribution < 1.29 is 9.59 Å². The van der Waals surface area contributed by atoms with Gasteiger partial charge in [0.05, 0.1) is 11.4 Å². The quantitative estimate of drug-likeness (QED) is 0.659. The van der Waals surface area contributed by atoms with Gasteiger partial charge in [0, 0.05) is 4.47 Å². The molecule has 2 aromatic carbocycles.